The van der Waals surface area contributed by atoms with Gasteiger partial charge in [-0.2, -0.15) is 0 Å². The van der Waals surface area contributed by atoms with Crippen molar-refractivity contribution >= 4 is 36.4 Å². The van der Waals surface area contributed by atoms with Gasteiger partial charge in [-0.3, -0.25) is 9.69 Å². The molecule has 6 heteroatoms. The number of nitrogens with one attached hydrogen (secondary N) is 2. The summed E-state index contributed by atoms with van der Waals surface area (Å²) < 4.78 is 0. The van der Waals surface area contributed by atoms with Gasteiger partial charge in [-0.05, 0) is 36.5 Å². The van der Waals surface area contributed by atoms with Crippen LogP contribution in [0.15, 0.2) is 24.3 Å². The van der Waals surface area contributed by atoms with Crippen molar-refractivity contribution in [3.8, 4) is 0 Å². The first-order chi connectivity index (χ1) is 10.7. The molecule has 0 unspecified atom stereocenters. The van der Waals surface area contributed by atoms with E-state index in [0.717, 1.165) is 37.8 Å². The lowest BCUT2D eigenvalue weighted by molar-refractivity contribution is -0.114. The number of halogens is 2. The number of benzene rings is 1. The summed E-state index contributed by atoms with van der Waals surface area (Å²) >= 11 is 0. The predicted molar refractivity (Wildman–Crippen MR) is 104 cm³/mol. The van der Waals surface area contributed by atoms with E-state index in [9.17, 15) is 4.79 Å². The second-order valence-corrected chi connectivity index (χ2v) is 6.58. The van der Waals surface area contributed by atoms with Crippen LogP contribution >= 0.6 is 24.8 Å². The van der Waals surface area contributed by atoms with Crippen molar-refractivity contribution < 1.29 is 4.79 Å². The molecule has 1 atom stereocenters. The summed E-state index contributed by atoms with van der Waals surface area (Å²) in [5.41, 5.74) is 2.30. The van der Waals surface area contributed by atoms with E-state index < -0.39 is 0 Å². The van der Waals surface area contributed by atoms with Crippen LogP contribution in [0.4, 0.5) is 5.69 Å². The quantitative estimate of drug-likeness (QED) is 0.846. The normalized spacial score (nSPS) is 19.9. The smallest absolute Gasteiger partial charge is 0.221 e. The number of hydrogen-bond acceptors (Lipinski definition) is 3. The molecule has 1 aliphatic heterocycles. The molecular formula is C18H29Cl2N3O. The second-order valence-electron chi connectivity index (χ2n) is 6.58. The van der Waals surface area contributed by atoms with Crippen LogP contribution in [0.5, 0.6) is 0 Å². The summed E-state index contributed by atoms with van der Waals surface area (Å²) in [5, 5.41) is 6.31. The Morgan fingerprint density at radius 3 is 2.25 bits per heavy atom. The third-order valence-electron chi connectivity index (χ3n) is 4.96. The van der Waals surface area contributed by atoms with Crippen LogP contribution in [-0.4, -0.2) is 37.0 Å². The minimum Gasteiger partial charge on any atom is -0.326 e. The van der Waals surface area contributed by atoms with Gasteiger partial charge in [-0.1, -0.05) is 25.0 Å². The molecule has 1 aliphatic carbocycles. The summed E-state index contributed by atoms with van der Waals surface area (Å²) in [7, 11) is 0. The number of rotatable bonds is 4. The van der Waals surface area contributed by atoms with E-state index in [4.69, 9.17) is 0 Å². The fourth-order valence-electron chi connectivity index (χ4n) is 3.98. The first kappa shape index (κ1) is 21.2. The molecule has 0 radical (unpaired) electrons. The number of amides is 1. The Kier molecular flexibility index (Phi) is 9.06. The third-order valence-corrected chi connectivity index (χ3v) is 4.96. The maximum absolute atomic E-state index is 11.2. The topological polar surface area (TPSA) is 44.4 Å². The highest BCUT2D eigenvalue weighted by atomic mass is 35.5. The Balaban J connectivity index is 0.00000144. The van der Waals surface area contributed by atoms with Gasteiger partial charge in [0.05, 0.1) is 0 Å². The Labute approximate surface area is 157 Å². The van der Waals surface area contributed by atoms with Crippen LogP contribution < -0.4 is 10.6 Å². The van der Waals surface area contributed by atoms with Gasteiger partial charge in [0.25, 0.3) is 0 Å². The van der Waals surface area contributed by atoms with E-state index in [0.29, 0.717) is 6.04 Å². The first-order valence-electron chi connectivity index (χ1n) is 8.56. The van der Waals surface area contributed by atoms with Crippen molar-refractivity contribution in [3.63, 3.8) is 0 Å². The molecule has 136 valence electrons. The van der Waals surface area contributed by atoms with E-state index >= 15 is 0 Å². The van der Waals surface area contributed by atoms with Gasteiger partial charge in [0.2, 0.25) is 5.91 Å². The van der Waals surface area contributed by atoms with Gasteiger partial charge < -0.3 is 10.6 Å². The molecule has 4 nitrogen and oxygen atoms in total. The number of nitrogens with zero attached hydrogens (tertiary/aromatic N) is 1. The van der Waals surface area contributed by atoms with Crippen molar-refractivity contribution in [2.75, 3.05) is 31.5 Å². The average Bonchev–Trinajstić information content (AvgIpc) is 3.04. The van der Waals surface area contributed by atoms with Crippen LogP contribution in [0.2, 0.25) is 0 Å². The lowest BCUT2D eigenvalue weighted by Crippen LogP contribution is -2.46. The van der Waals surface area contributed by atoms with Gasteiger partial charge in [0, 0.05) is 44.8 Å². The number of carbonyl (C=O) groups excluding carboxylic acids is 1. The second kappa shape index (κ2) is 10.2. The number of carbonyl (C=O) groups is 1. The summed E-state index contributed by atoms with van der Waals surface area (Å²) in [6.45, 7) is 6.00. The molecule has 1 amide bonds. The Bertz CT molecular complexity index is 497. The highest BCUT2D eigenvalue weighted by Gasteiger charge is 2.31. The van der Waals surface area contributed by atoms with Crippen LogP contribution in [0, 0.1) is 5.92 Å². The first-order valence-corrected chi connectivity index (χ1v) is 8.56. The predicted octanol–water partition coefficient (Wildman–Crippen LogP) is 3.63. The Hall–Kier alpha value is -0.810. The fraction of sp³-hybridized carbons (Fsp3) is 0.611. The minimum atomic E-state index is -0.0119. The minimum absolute atomic E-state index is 0. The molecule has 1 aromatic rings. The molecular weight excluding hydrogens is 345 g/mol. The van der Waals surface area contributed by atoms with Gasteiger partial charge >= 0.3 is 0 Å². The molecule has 2 fully saturated rings. The number of hydrogen-bond donors (Lipinski definition) is 2. The van der Waals surface area contributed by atoms with Gasteiger partial charge in [0.1, 0.15) is 0 Å². The average molecular weight is 374 g/mol. The molecule has 1 saturated heterocycles. The SMILES string of the molecule is CC(=O)Nc1ccc([C@H](C2CCCC2)N2CCNCC2)cc1.Cl.Cl. The molecule has 2 aliphatic rings. The van der Waals surface area contributed by atoms with E-state index in [1.165, 1.54) is 31.2 Å². The molecule has 1 heterocycles. The van der Waals surface area contributed by atoms with E-state index in [2.05, 4.69) is 27.7 Å². The number of anilines is 1. The van der Waals surface area contributed by atoms with Crippen LogP contribution in [-0.2, 0) is 4.79 Å². The maximum atomic E-state index is 11.2. The highest BCUT2D eigenvalue weighted by molar-refractivity contribution is 5.88. The van der Waals surface area contributed by atoms with E-state index in [-0.39, 0.29) is 30.7 Å². The van der Waals surface area contributed by atoms with Crippen molar-refractivity contribution in [1.82, 2.24) is 10.2 Å². The van der Waals surface area contributed by atoms with Gasteiger partial charge in [0.15, 0.2) is 0 Å². The van der Waals surface area contributed by atoms with E-state index in [1.54, 1.807) is 6.92 Å². The lowest BCUT2D eigenvalue weighted by atomic mass is 9.89. The van der Waals surface area contributed by atoms with Crippen molar-refractivity contribution in [1.29, 1.82) is 0 Å². The van der Waals surface area contributed by atoms with Crippen molar-refractivity contribution in [3.05, 3.63) is 29.8 Å². The van der Waals surface area contributed by atoms with Crippen molar-refractivity contribution in [2.45, 2.75) is 38.6 Å². The summed E-state index contributed by atoms with van der Waals surface area (Å²) in [4.78, 5) is 13.8. The zero-order valence-electron chi connectivity index (χ0n) is 14.3. The molecule has 2 N–H and O–H groups in total. The third kappa shape index (κ3) is 5.35. The van der Waals surface area contributed by atoms with Crippen LogP contribution in [0.25, 0.3) is 0 Å². The molecule has 1 aromatic carbocycles. The summed E-state index contributed by atoms with van der Waals surface area (Å²) in [6, 6.07) is 9.03. The Morgan fingerprint density at radius 2 is 1.71 bits per heavy atom. The fourth-order valence-corrected chi connectivity index (χ4v) is 3.98. The van der Waals surface area contributed by atoms with Crippen molar-refractivity contribution in [2.24, 2.45) is 5.92 Å². The zero-order chi connectivity index (χ0) is 15.4. The molecule has 1 saturated carbocycles. The van der Waals surface area contributed by atoms with Gasteiger partial charge in [-0.25, -0.2) is 0 Å². The molecule has 24 heavy (non-hydrogen) atoms. The zero-order valence-corrected chi connectivity index (χ0v) is 15.9. The number of piperazine rings is 1. The van der Waals surface area contributed by atoms with E-state index in [1.807, 2.05) is 12.1 Å². The molecule has 0 spiro atoms. The molecule has 0 bridgehead atoms. The van der Waals surface area contributed by atoms with Crippen LogP contribution in [0.3, 0.4) is 0 Å². The summed E-state index contributed by atoms with van der Waals surface area (Å²) in [5.74, 6) is 0.770. The standard InChI is InChI=1S/C18H27N3O.2ClH/c1-14(22)20-17-8-6-16(7-9-17)18(15-4-2-3-5-15)21-12-10-19-11-13-21;;/h6-9,15,18-19H,2-5,10-13H2,1H3,(H,20,22);2*1H/t18-;;/m0../s1. The maximum Gasteiger partial charge on any atom is 0.221 e. The largest absolute Gasteiger partial charge is 0.326 e. The molecule has 0 aromatic heterocycles. The Morgan fingerprint density at radius 1 is 1.12 bits per heavy atom. The van der Waals surface area contributed by atoms with Gasteiger partial charge in [-0.15, -0.1) is 24.8 Å². The van der Waals surface area contributed by atoms with Crippen LogP contribution in [0.1, 0.15) is 44.2 Å². The highest BCUT2D eigenvalue weighted by Crippen LogP contribution is 2.39. The summed E-state index contributed by atoms with van der Waals surface area (Å²) in [6.07, 6.45) is 5.44. The monoisotopic (exact) mass is 373 g/mol. The lowest BCUT2D eigenvalue weighted by Gasteiger charge is -2.38. The molecule has 3 rings (SSSR count).